The average molecular weight is 195 g/mol. The van der Waals surface area contributed by atoms with E-state index >= 15 is 0 Å². The summed E-state index contributed by atoms with van der Waals surface area (Å²) in [6, 6.07) is 1.79. The summed E-state index contributed by atoms with van der Waals surface area (Å²) in [7, 11) is 0. The molecule has 1 aromatic rings. The molecule has 78 valence electrons. The molecule has 3 heteroatoms. The maximum atomic E-state index is 9.81. The molecule has 0 saturated carbocycles. The van der Waals surface area contributed by atoms with Crippen LogP contribution in [0.4, 0.5) is 0 Å². The van der Waals surface area contributed by atoms with E-state index in [-0.39, 0.29) is 0 Å². The van der Waals surface area contributed by atoms with E-state index < -0.39 is 6.10 Å². The Morgan fingerprint density at radius 1 is 1.50 bits per heavy atom. The highest BCUT2D eigenvalue weighted by molar-refractivity contribution is 5.31. The van der Waals surface area contributed by atoms with Crippen LogP contribution < -0.4 is 4.74 Å². The molecule has 1 unspecified atom stereocenters. The van der Waals surface area contributed by atoms with E-state index in [1.165, 1.54) is 0 Å². The Hall–Kier alpha value is -1.09. The van der Waals surface area contributed by atoms with Crippen LogP contribution in [0.15, 0.2) is 18.5 Å². The van der Waals surface area contributed by atoms with Crippen molar-refractivity contribution in [2.75, 3.05) is 6.61 Å². The lowest BCUT2D eigenvalue weighted by Gasteiger charge is -2.13. The van der Waals surface area contributed by atoms with Crippen molar-refractivity contribution in [3.05, 3.63) is 24.0 Å². The molecular weight excluding hydrogens is 178 g/mol. The minimum atomic E-state index is -0.463. The first-order valence-electron chi connectivity index (χ1n) is 5.04. The SMILES string of the molecule is CCCC(O)c1cnccc1OCC. The Kier molecular flexibility index (Phi) is 4.40. The smallest absolute Gasteiger partial charge is 0.128 e. The fourth-order valence-electron chi connectivity index (χ4n) is 1.36. The summed E-state index contributed by atoms with van der Waals surface area (Å²) in [5, 5.41) is 9.81. The van der Waals surface area contributed by atoms with Crippen molar-refractivity contribution < 1.29 is 9.84 Å². The summed E-state index contributed by atoms with van der Waals surface area (Å²) in [6.45, 7) is 4.58. The first-order valence-corrected chi connectivity index (χ1v) is 5.04. The summed E-state index contributed by atoms with van der Waals surface area (Å²) in [5.41, 5.74) is 0.788. The molecule has 1 rings (SSSR count). The highest BCUT2D eigenvalue weighted by Crippen LogP contribution is 2.26. The van der Waals surface area contributed by atoms with E-state index in [1.807, 2.05) is 13.8 Å². The summed E-state index contributed by atoms with van der Waals surface area (Å²) >= 11 is 0. The van der Waals surface area contributed by atoms with Gasteiger partial charge in [-0.15, -0.1) is 0 Å². The van der Waals surface area contributed by atoms with E-state index in [9.17, 15) is 5.11 Å². The number of ether oxygens (including phenoxy) is 1. The van der Waals surface area contributed by atoms with E-state index in [4.69, 9.17) is 4.74 Å². The highest BCUT2D eigenvalue weighted by atomic mass is 16.5. The van der Waals surface area contributed by atoms with Crippen LogP contribution in [0.25, 0.3) is 0 Å². The van der Waals surface area contributed by atoms with Gasteiger partial charge in [0.05, 0.1) is 12.7 Å². The van der Waals surface area contributed by atoms with Crippen molar-refractivity contribution in [2.24, 2.45) is 0 Å². The summed E-state index contributed by atoms with van der Waals surface area (Å²) in [5.74, 6) is 0.739. The second kappa shape index (κ2) is 5.60. The molecule has 1 aromatic heterocycles. The third kappa shape index (κ3) is 2.70. The summed E-state index contributed by atoms with van der Waals surface area (Å²) in [6.07, 6.45) is 4.57. The van der Waals surface area contributed by atoms with Gasteiger partial charge in [-0.05, 0) is 19.4 Å². The Morgan fingerprint density at radius 2 is 2.29 bits per heavy atom. The highest BCUT2D eigenvalue weighted by Gasteiger charge is 2.12. The van der Waals surface area contributed by atoms with Gasteiger partial charge in [-0.1, -0.05) is 13.3 Å². The molecule has 0 aliphatic carbocycles. The number of aliphatic hydroxyl groups is 1. The predicted octanol–water partition coefficient (Wildman–Crippen LogP) is 2.31. The largest absolute Gasteiger partial charge is 0.493 e. The van der Waals surface area contributed by atoms with Crippen LogP contribution in [0.1, 0.15) is 38.4 Å². The molecule has 0 bridgehead atoms. The van der Waals surface area contributed by atoms with Gasteiger partial charge in [-0.2, -0.15) is 0 Å². The van der Waals surface area contributed by atoms with Crippen molar-refractivity contribution in [3.63, 3.8) is 0 Å². The minimum Gasteiger partial charge on any atom is -0.493 e. The zero-order valence-electron chi connectivity index (χ0n) is 8.73. The number of aromatic nitrogens is 1. The molecule has 0 fully saturated rings. The third-order valence-corrected chi connectivity index (χ3v) is 2.03. The van der Waals surface area contributed by atoms with Crippen LogP contribution in [-0.4, -0.2) is 16.7 Å². The number of hydrogen-bond donors (Lipinski definition) is 1. The topological polar surface area (TPSA) is 42.4 Å². The molecule has 0 aliphatic rings. The summed E-state index contributed by atoms with van der Waals surface area (Å²) in [4.78, 5) is 3.99. The Balaban J connectivity index is 2.82. The van der Waals surface area contributed by atoms with Crippen molar-refractivity contribution >= 4 is 0 Å². The predicted molar refractivity (Wildman–Crippen MR) is 55.3 cm³/mol. The van der Waals surface area contributed by atoms with Crippen molar-refractivity contribution in [1.29, 1.82) is 0 Å². The first-order chi connectivity index (χ1) is 6.79. The second-order valence-corrected chi connectivity index (χ2v) is 3.15. The van der Waals surface area contributed by atoms with Crippen LogP contribution in [0.3, 0.4) is 0 Å². The lowest BCUT2D eigenvalue weighted by molar-refractivity contribution is 0.160. The molecule has 0 amide bonds. The molecule has 1 atom stereocenters. The zero-order valence-corrected chi connectivity index (χ0v) is 8.73. The van der Waals surface area contributed by atoms with Gasteiger partial charge >= 0.3 is 0 Å². The molecule has 0 aromatic carbocycles. The Bertz CT molecular complexity index is 276. The van der Waals surface area contributed by atoms with Crippen LogP contribution in [0.5, 0.6) is 5.75 Å². The molecular formula is C11H17NO2. The van der Waals surface area contributed by atoms with Crippen LogP contribution in [0, 0.1) is 0 Å². The number of pyridine rings is 1. The van der Waals surface area contributed by atoms with Gasteiger partial charge in [0.25, 0.3) is 0 Å². The monoisotopic (exact) mass is 195 g/mol. The van der Waals surface area contributed by atoms with Gasteiger partial charge in [-0.3, -0.25) is 4.98 Å². The summed E-state index contributed by atoms with van der Waals surface area (Å²) < 4.78 is 5.40. The molecule has 3 nitrogen and oxygen atoms in total. The van der Waals surface area contributed by atoms with Crippen LogP contribution in [0.2, 0.25) is 0 Å². The van der Waals surface area contributed by atoms with Gasteiger partial charge in [-0.25, -0.2) is 0 Å². The molecule has 1 N–H and O–H groups in total. The van der Waals surface area contributed by atoms with Crippen LogP contribution in [-0.2, 0) is 0 Å². The number of aliphatic hydroxyl groups excluding tert-OH is 1. The molecule has 0 saturated heterocycles. The van der Waals surface area contributed by atoms with E-state index in [0.717, 1.165) is 24.2 Å². The maximum Gasteiger partial charge on any atom is 0.128 e. The Morgan fingerprint density at radius 3 is 2.93 bits per heavy atom. The lowest BCUT2D eigenvalue weighted by atomic mass is 10.1. The molecule has 14 heavy (non-hydrogen) atoms. The second-order valence-electron chi connectivity index (χ2n) is 3.15. The quantitative estimate of drug-likeness (QED) is 0.784. The van der Waals surface area contributed by atoms with Crippen molar-refractivity contribution in [1.82, 2.24) is 4.98 Å². The number of rotatable bonds is 5. The molecule has 0 aliphatic heterocycles. The number of nitrogens with zero attached hydrogens (tertiary/aromatic N) is 1. The van der Waals surface area contributed by atoms with E-state index in [2.05, 4.69) is 4.98 Å². The third-order valence-electron chi connectivity index (χ3n) is 2.03. The molecule has 0 spiro atoms. The van der Waals surface area contributed by atoms with Gasteiger partial charge in [0, 0.05) is 18.0 Å². The van der Waals surface area contributed by atoms with E-state index in [1.54, 1.807) is 18.5 Å². The molecule has 1 heterocycles. The van der Waals surface area contributed by atoms with Crippen molar-refractivity contribution in [2.45, 2.75) is 32.8 Å². The average Bonchev–Trinajstić information content (AvgIpc) is 2.19. The Labute approximate surface area is 84.7 Å². The van der Waals surface area contributed by atoms with Gasteiger partial charge in [0.2, 0.25) is 0 Å². The van der Waals surface area contributed by atoms with Gasteiger partial charge in [0.15, 0.2) is 0 Å². The lowest BCUT2D eigenvalue weighted by Crippen LogP contribution is -2.02. The van der Waals surface area contributed by atoms with Gasteiger partial charge < -0.3 is 9.84 Å². The fourth-order valence-corrected chi connectivity index (χ4v) is 1.36. The number of hydrogen-bond acceptors (Lipinski definition) is 3. The molecule has 0 radical (unpaired) electrons. The fraction of sp³-hybridized carbons (Fsp3) is 0.545. The van der Waals surface area contributed by atoms with Crippen LogP contribution >= 0.6 is 0 Å². The minimum absolute atomic E-state index is 0.463. The normalized spacial score (nSPS) is 12.5. The van der Waals surface area contributed by atoms with Crippen molar-refractivity contribution in [3.8, 4) is 5.75 Å². The first kappa shape index (κ1) is 11.0. The van der Waals surface area contributed by atoms with Gasteiger partial charge in [0.1, 0.15) is 5.75 Å². The van der Waals surface area contributed by atoms with E-state index in [0.29, 0.717) is 6.61 Å². The maximum absolute atomic E-state index is 9.81. The standard InChI is InChI=1S/C11H17NO2/c1-3-5-10(13)9-8-12-7-6-11(9)14-4-2/h6-8,10,13H,3-5H2,1-2H3. The zero-order chi connectivity index (χ0) is 10.4.